The Morgan fingerprint density at radius 3 is 2.81 bits per heavy atom. The minimum absolute atomic E-state index is 0.177. The van der Waals surface area contributed by atoms with E-state index in [-0.39, 0.29) is 6.04 Å². The van der Waals surface area contributed by atoms with Crippen molar-refractivity contribution < 1.29 is 9.53 Å². The van der Waals surface area contributed by atoms with Gasteiger partial charge in [-0.1, -0.05) is 18.2 Å². The molecule has 1 aliphatic rings. The van der Waals surface area contributed by atoms with Crippen molar-refractivity contribution in [3.63, 3.8) is 0 Å². The molecule has 0 aliphatic carbocycles. The van der Waals surface area contributed by atoms with E-state index in [0.717, 1.165) is 47.4 Å². The summed E-state index contributed by atoms with van der Waals surface area (Å²) in [6, 6.07) is 15.5. The van der Waals surface area contributed by atoms with E-state index in [0.29, 0.717) is 22.7 Å². The Bertz CT molecular complexity index is 1520. The number of hydrogen-bond acceptors (Lipinski definition) is 7. The van der Waals surface area contributed by atoms with Crippen LogP contribution in [-0.2, 0) is 11.8 Å². The molecular weight excluding hydrogens is 464 g/mol. The van der Waals surface area contributed by atoms with Crippen LogP contribution in [0.3, 0.4) is 0 Å². The maximum absolute atomic E-state index is 12.3. The summed E-state index contributed by atoms with van der Waals surface area (Å²) in [6.07, 6.45) is 5.02. The van der Waals surface area contributed by atoms with Gasteiger partial charge in [0.2, 0.25) is 0 Å². The van der Waals surface area contributed by atoms with Crippen LogP contribution in [0.15, 0.2) is 54.9 Å². The number of para-hydroxylation sites is 1. The van der Waals surface area contributed by atoms with Crippen molar-refractivity contribution >= 4 is 28.4 Å². The first kappa shape index (κ1) is 24.3. The number of methoxy groups -OCH3 is 1. The average molecular weight is 495 g/mol. The Morgan fingerprint density at radius 1 is 1.27 bits per heavy atom. The minimum Gasteiger partial charge on any atom is -0.465 e. The molecule has 1 saturated heterocycles. The second-order valence-corrected chi connectivity index (χ2v) is 9.67. The number of nitrogens with one attached hydrogen (secondary N) is 1. The Balaban J connectivity index is 1.53. The van der Waals surface area contributed by atoms with Gasteiger partial charge in [-0.25, -0.2) is 9.78 Å². The summed E-state index contributed by atoms with van der Waals surface area (Å²) in [5.74, 6) is 0.793. The third-order valence-corrected chi connectivity index (χ3v) is 7.07. The molecule has 188 valence electrons. The maximum Gasteiger partial charge on any atom is 0.339 e. The summed E-state index contributed by atoms with van der Waals surface area (Å²) in [4.78, 5) is 19.7. The van der Waals surface area contributed by atoms with Gasteiger partial charge in [0.25, 0.3) is 0 Å². The number of aromatic nitrogens is 3. The quantitative estimate of drug-likeness (QED) is 0.373. The summed E-state index contributed by atoms with van der Waals surface area (Å²) in [5.41, 5.74) is 5.80. The zero-order valence-electron chi connectivity index (χ0n) is 21.5. The first-order valence-electron chi connectivity index (χ1n) is 12.4. The second kappa shape index (κ2) is 9.94. The Labute approximate surface area is 216 Å². The fourth-order valence-electron chi connectivity index (χ4n) is 5.17. The van der Waals surface area contributed by atoms with Crippen LogP contribution < -0.4 is 10.2 Å². The standard InChI is InChI=1S/C29H30N6O2/c1-18-11-24(19(2)32-26-8-6-5-7-23(26)29(36)37-4)28-25(12-18)21(14-30)13-27(33-28)35-10-9-20(17-35)22-15-31-34(3)16-22/h5-8,11-13,15-16,19-20,32H,9-10,17H2,1-4H3. The number of carbonyl (C=O) groups is 1. The van der Waals surface area contributed by atoms with Gasteiger partial charge in [0.1, 0.15) is 5.82 Å². The van der Waals surface area contributed by atoms with Crippen LogP contribution in [0.1, 0.15) is 57.9 Å². The molecule has 8 heteroatoms. The summed E-state index contributed by atoms with van der Waals surface area (Å²) in [6.45, 7) is 5.75. The number of fused-ring (bicyclic) bond motifs is 1. The van der Waals surface area contributed by atoms with Crippen LogP contribution in [0.5, 0.6) is 0 Å². The number of hydrogen-bond donors (Lipinski definition) is 1. The van der Waals surface area contributed by atoms with Gasteiger partial charge < -0.3 is 15.0 Å². The molecule has 0 spiro atoms. The molecule has 0 bridgehead atoms. The zero-order valence-corrected chi connectivity index (χ0v) is 21.5. The van der Waals surface area contributed by atoms with Gasteiger partial charge in [0.05, 0.1) is 42.1 Å². The molecule has 2 unspecified atom stereocenters. The van der Waals surface area contributed by atoms with E-state index in [4.69, 9.17) is 9.72 Å². The van der Waals surface area contributed by atoms with Gasteiger partial charge >= 0.3 is 5.97 Å². The largest absolute Gasteiger partial charge is 0.465 e. The highest BCUT2D eigenvalue weighted by Crippen LogP contribution is 2.35. The van der Waals surface area contributed by atoms with Crippen molar-refractivity contribution in [1.29, 1.82) is 5.26 Å². The lowest BCUT2D eigenvalue weighted by molar-refractivity contribution is 0.0602. The normalized spacial score (nSPS) is 16.0. The lowest BCUT2D eigenvalue weighted by Gasteiger charge is -2.22. The number of esters is 1. The number of ether oxygens (including phenoxy) is 1. The van der Waals surface area contributed by atoms with Crippen molar-refractivity contribution in [3.8, 4) is 6.07 Å². The van der Waals surface area contributed by atoms with E-state index in [1.807, 2.05) is 62.1 Å². The summed E-state index contributed by atoms with van der Waals surface area (Å²) >= 11 is 0. The minimum atomic E-state index is -0.395. The van der Waals surface area contributed by atoms with Crippen LogP contribution in [0.4, 0.5) is 11.5 Å². The molecule has 0 amide bonds. The summed E-state index contributed by atoms with van der Waals surface area (Å²) in [7, 11) is 3.31. The Morgan fingerprint density at radius 2 is 2.08 bits per heavy atom. The Kier molecular flexibility index (Phi) is 6.53. The third kappa shape index (κ3) is 4.73. The van der Waals surface area contributed by atoms with Crippen LogP contribution in [0.2, 0.25) is 0 Å². The second-order valence-electron chi connectivity index (χ2n) is 9.67. The van der Waals surface area contributed by atoms with E-state index >= 15 is 0 Å². The molecule has 2 aromatic heterocycles. The number of nitrogens with zero attached hydrogens (tertiary/aromatic N) is 5. The molecule has 0 saturated carbocycles. The number of nitriles is 1. The van der Waals surface area contributed by atoms with Crippen molar-refractivity contribution in [2.24, 2.45) is 7.05 Å². The van der Waals surface area contributed by atoms with E-state index in [1.54, 1.807) is 6.07 Å². The van der Waals surface area contributed by atoms with E-state index < -0.39 is 5.97 Å². The van der Waals surface area contributed by atoms with Crippen LogP contribution in [0, 0.1) is 18.3 Å². The van der Waals surface area contributed by atoms with Crippen molar-refractivity contribution in [2.75, 3.05) is 30.4 Å². The number of pyridine rings is 1. The zero-order chi connectivity index (χ0) is 26.1. The van der Waals surface area contributed by atoms with Gasteiger partial charge in [-0.05, 0) is 55.7 Å². The van der Waals surface area contributed by atoms with Gasteiger partial charge in [-0.3, -0.25) is 4.68 Å². The number of anilines is 2. The predicted octanol–water partition coefficient (Wildman–Crippen LogP) is 5.10. The number of benzene rings is 2. The highest BCUT2D eigenvalue weighted by Gasteiger charge is 2.27. The average Bonchev–Trinajstić information content (AvgIpc) is 3.57. The molecule has 5 rings (SSSR count). The molecule has 2 atom stereocenters. The van der Waals surface area contributed by atoms with Gasteiger partial charge in [0, 0.05) is 48.9 Å². The van der Waals surface area contributed by atoms with Crippen molar-refractivity contribution in [1.82, 2.24) is 14.8 Å². The molecule has 8 nitrogen and oxygen atoms in total. The molecule has 1 N–H and O–H groups in total. The molecule has 2 aromatic carbocycles. The lowest BCUT2D eigenvalue weighted by atomic mass is 9.97. The predicted molar refractivity (Wildman–Crippen MR) is 144 cm³/mol. The van der Waals surface area contributed by atoms with Crippen LogP contribution in [-0.4, -0.2) is 40.9 Å². The highest BCUT2D eigenvalue weighted by molar-refractivity contribution is 5.96. The smallest absolute Gasteiger partial charge is 0.339 e. The topological polar surface area (TPSA) is 96.1 Å². The van der Waals surface area contributed by atoms with Gasteiger partial charge in [-0.15, -0.1) is 0 Å². The van der Waals surface area contributed by atoms with Crippen molar-refractivity contribution in [3.05, 3.63) is 82.7 Å². The fourth-order valence-corrected chi connectivity index (χ4v) is 5.17. The number of carbonyl (C=O) groups excluding carboxylic acids is 1. The van der Waals surface area contributed by atoms with Crippen LogP contribution in [0.25, 0.3) is 10.9 Å². The monoisotopic (exact) mass is 494 g/mol. The molecule has 1 fully saturated rings. The number of aryl methyl sites for hydroxylation is 2. The molecule has 0 radical (unpaired) electrons. The SMILES string of the molecule is COC(=O)c1ccccc1NC(C)c1cc(C)cc2c(C#N)cc(N3CCC(c4cnn(C)c4)C3)nc12. The van der Waals surface area contributed by atoms with Crippen molar-refractivity contribution in [2.45, 2.75) is 32.2 Å². The summed E-state index contributed by atoms with van der Waals surface area (Å²) < 4.78 is 6.80. The highest BCUT2D eigenvalue weighted by atomic mass is 16.5. The molecule has 37 heavy (non-hydrogen) atoms. The van der Waals surface area contributed by atoms with E-state index in [9.17, 15) is 10.1 Å². The van der Waals surface area contributed by atoms with Crippen LogP contribution >= 0.6 is 0 Å². The molecular formula is C29H30N6O2. The molecule has 3 heterocycles. The van der Waals surface area contributed by atoms with E-state index in [2.05, 4.69) is 33.6 Å². The first-order valence-corrected chi connectivity index (χ1v) is 12.4. The Hall–Kier alpha value is -4.38. The fraction of sp³-hybridized carbons (Fsp3) is 0.310. The number of rotatable bonds is 6. The van der Waals surface area contributed by atoms with E-state index in [1.165, 1.54) is 12.7 Å². The van der Waals surface area contributed by atoms with Gasteiger partial charge in [0.15, 0.2) is 0 Å². The molecule has 4 aromatic rings. The third-order valence-electron chi connectivity index (χ3n) is 7.07. The lowest BCUT2D eigenvalue weighted by Crippen LogP contribution is -2.21. The molecule has 1 aliphatic heterocycles. The van der Waals surface area contributed by atoms with Gasteiger partial charge in [-0.2, -0.15) is 10.4 Å². The maximum atomic E-state index is 12.3. The first-order chi connectivity index (χ1) is 17.9. The summed E-state index contributed by atoms with van der Waals surface area (Å²) in [5, 5.41) is 18.7.